The molecule has 1 unspecified atom stereocenters. The van der Waals surface area contributed by atoms with Crippen molar-refractivity contribution in [2.45, 2.75) is 12.5 Å². The van der Waals surface area contributed by atoms with Crippen molar-refractivity contribution < 1.29 is 0 Å². The Balaban J connectivity index is 2.42. The molecule has 1 aliphatic heterocycles. The van der Waals surface area contributed by atoms with Crippen LogP contribution in [0.1, 0.15) is 12.5 Å². The summed E-state index contributed by atoms with van der Waals surface area (Å²) in [6.45, 7) is 2.56. The Morgan fingerprint density at radius 3 is 2.80 bits per heavy atom. The molecule has 0 bridgehead atoms. The number of nitrogens with zero attached hydrogens (tertiary/aromatic N) is 1. The van der Waals surface area contributed by atoms with Gasteiger partial charge in [0.15, 0.2) is 5.96 Å². The summed E-state index contributed by atoms with van der Waals surface area (Å²) < 4.78 is 0. The van der Waals surface area contributed by atoms with E-state index in [1.54, 1.807) is 12.1 Å². The number of nitrogens with two attached hydrogens (primary N) is 1. The predicted molar refractivity (Wildman–Crippen MR) is 63.4 cm³/mol. The lowest BCUT2D eigenvalue weighted by Crippen LogP contribution is -2.43. The molecule has 1 aliphatic rings. The van der Waals surface area contributed by atoms with Gasteiger partial charge in [0.25, 0.3) is 0 Å². The summed E-state index contributed by atoms with van der Waals surface area (Å²) in [5, 5.41) is 4.42. The number of hydrogen-bond donors (Lipinski definition) is 2. The van der Waals surface area contributed by atoms with Gasteiger partial charge in [-0.1, -0.05) is 23.2 Å². The highest BCUT2D eigenvalue weighted by atomic mass is 35.5. The van der Waals surface area contributed by atoms with Gasteiger partial charge in [0, 0.05) is 10.0 Å². The molecule has 0 saturated carbocycles. The molecule has 15 heavy (non-hydrogen) atoms. The van der Waals surface area contributed by atoms with E-state index in [0.29, 0.717) is 22.5 Å². The highest BCUT2D eigenvalue weighted by molar-refractivity contribution is 6.33. The van der Waals surface area contributed by atoms with Gasteiger partial charge in [-0.3, -0.25) is 4.99 Å². The second kappa shape index (κ2) is 3.58. The zero-order chi connectivity index (χ0) is 11.1. The van der Waals surface area contributed by atoms with Crippen LogP contribution < -0.4 is 11.1 Å². The third-order valence-electron chi connectivity index (χ3n) is 2.49. The van der Waals surface area contributed by atoms with Gasteiger partial charge in [0.1, 0.15) is 0 Å². The molecule has 1 aromatic rings. The maximum absolute atomic E-state index is 6.12. The zero-order valence-electron chi connectivity index (χ0n) is 8.22. The molecule has 0 radical (unpaired) electrons. The largest absolute Gasteiger partial charge is 0.370 e. The van der Waals surface area contributed by atoms with Crippen molar-refractivity contribution in [3.63, 3.8) is 0 Å². The van der Waals surface area contributed by atoms with Gasteiger partial charge in [-0.15, -0.1) is 0 Å². The topological polar surface area (TPSA) is 50.4 Å². The van der Waals surface area contributed by atoms with E-state index in [0.717, 1.165) is 5.56 Å². The number of benzene rings is 1. The first-order valence-electron chi connectivity index (χ1n) is 4.55. The Morgan fingerprint density at radius 2 is 2.20 bits per heavy atom. The van der Waals surface area contributed by atoms with Crippen LogP contribution in [0.3, 0.4) is 0 Å². The van der Waals surface area contributed by atoms with Crippen LogP contribution in [0.2, 0.25) is 10.0 Å². The minimum absolute atomic E-state index is 0.355. The van der Waals surface area contributed by atoms with Crippen LogP contribution in [0.5, 0.6) is 0 Å². The molecule has 3 N–H and O–H groups in total. The Morgan fingerprint density at radius 1 is 1.47 bits per heavy atom. The van der Waals surface area contributed by atoms with E-state index < -0.39 is 0 Å². The van der Waals surface area contributed by atoms with Gasteiger partial charge in [0.2, 0.25) is 0 Å². The maximum atomic E-state index is 6.12. The molecule has 0 aliphatic carbocycles. The third kappa shape index (κ3) is 1.90. The predicted octanol–water partition coefficient (Wildman–Crippen LogP) is 2.13. The van der Waals surface area contributed by atoms with Gasteiger partial charge in [-0.2, -0.15) is 0 Å². The summed E-state index contributed by atoms with van der Waals surface area (Å²) in [5.74, 6) is 0.438. The number of hydrogen-bond acceptors (Lipinski definition) is 3. The van der Waals surface area contributed by atoms with Gasteiger partial charge in [-0.25, -0.2) is 0 Å². The summed E-state index contributed by atoms with van der Waals surface area (Å²) in [5.41, 5.74) is 6.16. The van der Waals surface area contributed by atoms with Crippen molar-refractivity contribution in [2.24, 2.45) is 10.7 Å². The van der Waals surface area contributed by atoms with Crippen LogP contribution in [-0.4, -0.2) is 12.5 Å². The smallest absolute Gasteiger partial charge is 0.189 e. The third-order valence-corrected chi connectivity index (χ3v) is 3.06. The number of halogens is 2. The Kier molecular flexibility index (Phi) is 2.52. The lowest BCUT2D eigenvalue weighted by atomic mass is 9.93. The summed E-state index contributed by atoms with van der Waals surface area (Å²) in [6.07, 6.45) is 0. The van der Waals surface area contributed by atoms with Crippen LogP contribution in [0, 0.1) is 0 Å². The van der Waals surface area contributed by atoms with Crippen molar-refractivity contribution in [3.8, 4) is 0 Å². The van der Waals surface area contributed by atoms with Gasteiger partial charge >= 0.3 is 0 Å². The molecule has 0 amide bonds. The SMILES string of the molecule is CC1(c2cc(Cl)ccc2Cl)CN=C(N)N1. The van der Waals surface area contributed by atoms with E-state index in [1.165, 1.54) is 0 Å². The van der Waals surface area contributed by atoms with Crippen molar-refractivity contribution in [3.05, 3.63) is 33.8 Å². The maximum Gasteiger partial charge on any atom is 0.189 e. The second-order valence-corrected chi connectivity index (χ2v) is 4.63. The highest BCUT2D eigenvalue weighted by Crippen LogP contribution is 2.32. The molecule has 1 heterocycles. The number of rotatable bonds is 1. The fourth-order valence-electron chi connectivity index (χ4n) is 1.68. The highest BCUT2D eigenvalue weighted by Gasteiger charge is 2.33. The Labute approximate surface area is 98.3 Å². The van der Waals surface area contributed by atoms with Crippen molar-refractivity contribution in [1.82, 2.24) is 5.32 Å². The van der Waals surface area contributed by atoms with Gasteiger partial charge in [0.05, 0.1) is 12.1 Å². The molecule has 3 nitrogen and oxygen atoms in total. The number of nitrogens with one attached hydrogen (secondary N) is 1. The second-order valence-electron chi connectivity index (χ2n) is 3.78. The molecule has 2 rings (SSSR count). The van der Waals surface area contributed by atoms with Crippen LogP contribution >= 0.6 is 23.2 Å². The normalized spacial score (nSPS) is 24.9. The fraction of sp³-hybridized carbons (Fsp3) is 0.300. The van der Waals surface area contributed by atoms with Crippen LogP contribution in [0.25, 0.3) is 0 Å². The molecule has 5 heteroatoms. The van der Waals surface area contributed by atoms with Crippen molar-refractivity contribution >= 4 is 29.2 Å². The minimum atomic E-state index is -0.355. The average Bonchev–Trinajstić information content (AvgIpc) is 2.52. The summed E-state index contributed by atoms with van der Waals surface area (Å²) in [4.78, 5) is 4.12. The number of aliphatic imine (C=N–C) groups is 1. The molecular formula is C10H11Cl2N3. The lowest BCUT2D eigenvalue weighted by molar-refractivity contribution is 0.480. The first-order valence-corrected chi connectivity index (χ1v) is 5.30. The summed E-state index contributed by atoms with van der Waals surface area (Å²) in [7, 11) is 0. The quantitative estimate of drug-likeness (QED) is 0.795. The van der Waals surface area contributed by atoms with E-state index in [2.05, 4.69) is 10.3 Å². The minimum Gasteiger partial charge on any atom is -0.370 e. The fourth-order valence-corrected chi connectivity index (χ4v) is 2.18. The Hall–Kier alpha value is -0.930. The van der Waals surface area contributed by atoms with Gasteiger partial charge < -0.3 is 11.1 Å². The van der Waals surface area contributed by atoms with Crippen molar-refractivity contribution in [1.29, 1.82) is 0 Å². The molecule has 0 fully saturated rings. The monoisotopic (exact) mass is 243 g/mol. The molecular weight excluding hydrogens is 233 g/mol. The first kappa shape index (κ1) is 10.6. The van der Waals surface area contributed by atoms with Gasteiger partial charge in [-0.05, 0) is 30.7 Å². The summed E-state index contributed by atoms with van der Waals surface area (Å²) >= 11 is 12.1. The van der Waals surface area contributed by atoms with E-state index in [4.69, 9.17) is 28.9 Å². The van der Waals surface area contributed by atoms with Crippen LogP contribution in [0.4, 0.5) is 0 Å². The van der Waals surface area contributed by atoms with Crippen molar-refractivity contribution in [2.75, 3.05) is 6.54 Å². The van der Waals surface area contributed by atoms with Crippen LogP contribution in [-0.2, 0) is 5.54 Å². The first-order chi connectivity index (χ1) is 7.01. The molecule has 1 atom stereocenters. The molecule has 0 aromatic heterocycles. The molecule has 0 spiro atoms. The standard InChI is InChI=1S/C10H11Cl2N3/c1-10(5-14-9(13)15-10)7-4-6(11)2-3-8(7)12/h2-4H,5H2,1H3,(H3,13,14,15). The van der Waals surface area contributed by atoms with E-state index in [9.17, 15) is 0 Å². The number of guanidine groups is 1. The molecule has 80 valence electrons. The zero-order valence-corrected chi connectivity index (χ0v) is 9.73. The van der Waals surface area contributed by atoms with E-state index in [-0.39, 0.29) is 5.54 Å². The molecule has 1 aromatic carbocycles. The van der Waals surface area contributed by atoms with Crippen LogP contribution in [0.15, 0.2) is 23.2 Å². The summed E-state index contributed by atoms with van der Waals surface area (Å²) in [6, 6.07) is 5.38. The average molecular weight is 244 g/mol. The lowest BCUT2D eigenvalue weighted by Gasteiger charge is -2.26. The van der Waals surface area contributed by atoms with E-state index >= 15 is 0 Å². The molecule has 0 saturated heterocycles. The van der Waals surface area contributed by atoms with E-state index in [1.807, 2.05) is 13.0 Å². The Bertz CT molecular complexity index is 431.